The van der Waals surface area contributed by atoms with Crippen molar-refractivity contribution in [2.45, 2.75) is 11.7 Å². The smallest absolute Gasteiger partial charge is 0.326 e. The first-order chi connectivity index (χ1) is 16.3. The van der Waals surface area contributed by atoms with Gasteiger partial charge in [0.25, 0.3) is 5.24 Å². The predicted octanol–water partition coefficient (Wildman–Crippen LogP) is 4.98. The largest absolute Gasteiger partial charge is 0.378 e. The van der Waals surface area contributed by atoms with E-state index in [0.29, 0.717) is 17.8 Å². The molecule has 1 unspecified atom stereocenters. The Bertz CT molecular complexity index is 1210. The molecule has 0 aliphatic carbocycles. The van der Waals surface area contributed by atoms with Crippen molar-refractivity contribution < 1.29 is 14.4 Å². The number of nitrogens with zero attached hydrogens (tertiary/aromatic N) is 2. The number of hydrogen-bond donors (Lipinski definition) is 2. The summed E-state index contributed by atoms with van der Waals surface area (Å²) >= 11 is 0.981. The Labute approximate surface area is 203 Å². The molecule has 3 aromatic rings. The Hall–Kier alpha value is -3.78. The van der Waals surface area contributed by atoms with Gasteiger partial charge in [-0.2, -0.15) is 0 Å². The number of hydrogen-bond acceptors (Lipinski definition) is 5. The summed E-state index contributed by atoms with van der Waals surface area (Å²) in [6.07, 6.45) is 0.335. The van der Waals surface area contributed by atoms with Crippen LogP contribution in [0.2, 0.25) is 0 Å². The van der Waals surface area contributed by atoms with Crippen molar-refractivity contribution >= 4 is 46.0 Å². The zero-order valence-electron chi connectivity index (χ0n) is 19.2. The van der Waals surface area contributed by atoms with E-state index in [0.717, 1.165) is 34.1 Å². The minimum atomic E-state index is -0.524. The van der Waals surface area contributed by atoms with Crippen LogP contribution in [0, 0.1) is 0 Å². The first-order valence-corrected chi connectivity index (χ1v) is 11.7. The summed E-state index contributed by atoms with van der Waals surface area (Å²) in [5.74, 6) is -0.304. The van der Waals surface area contributed by atoms with E-state index >= 15 is 0 Å². The molecule has 4 rings (SSSR count). The van der Waals surface area contributed by atoms with Gasteiger partial charge in [0.2, 0.25) is 5.91 Å². The molecule has 34 heavy (non-hydrogen) atoms. The minimum absolute atomic E-state index is 0.302. The Morgan fingerprint density at radius 1 is 0.941 bits per heavy atom. The van der Waals surface area contributed by atoms with Crippen molar-refractivity contribution in [1.82, 2.24) is 5.32 Å². The van der Waals surface area contributed by atoms with Gasteiger partial charge in [0, 0.05) is 38.2 Å². The SMILES string of the molecule is CN(C)c1ccc(NC(=O)N(C)c2cc(-c3ccccc3)ccc2CC2SC(=O)NC2=O)cc1. The maximum absolute atomic E-state index is 13.2. The average molecular weight is 475 g/mol. The van der Waals surface area contributed by atoms with Crippen molar-refractivity contribution in [3.63, 3.8) is 0 Å². The standard InChI is InChI=1S/C26H26N4O3S/c1-29(2)21-13-11-20(12-14-21)27-25(32)30(3)22-15-18(17-7-5-4-6-8-17)9-10-19(22)16-23-24(31)28-26(33)34-23/h4-15,23H,16H2,1-3H3,(H,27,32)(H,28,31,33). The maximum Gasteiger partial charge on any atom is 0.326 e. The Kier molecular flexibility index (Phi) is 6.88. The molecule has 1 atom stereocenters. The highest BCUT2D eigenvalue weighted by Gasteiger charge is 2.32. The van der Waals surface area contributed by atoms with Crippen molar-refractivity contribution in [2.24, 2.45) is 0 Å². The molecule has 0 aromatic heterocycles. The van der Waals surface area contributed by atoms with Crippen LogP contribution in [-0.2, 0) is 11.2 Å². The molecule has 4 amide bonds. The van der Waals surface area contributed by atoms with Crippen molar-refractivity contribution in [3.8, 4) is 11.1 Å². The number of imide groups is 1. The summed E-state index contributed by atoms with van der Waals surface area (Å²) in [4.78, 5) is 40.5. The van der Waals surface area contributed by atoms with Crippen molar-refractivity contribution in [3.05, 3.63) is 78.4 Å². The Morgan fingerprint density at radius 2 is 1.65 bits per heavy atom. The van der Waals surface area contributed by atoms with Gasteiger partial charge in [0.1, 0.15) is 0 Å². The lowest BCUT2D eigenvalue weighted by Gasteiger charge is -2.23. The number of amides is 4. The summed E-state index contributed by atoms with van der Waals surface area (Å²) in [7, 11) is 5.61. The highest BCUT2D eigenvalue weighted by Crippen LogP contribution is 2.32. The second-order valence-electron chi connectivity index (χ2n) is 8.23. The molecule has 1 heterocycles. The summed E-state index contributed by atoms with van der Waals surface area (Å²) in [5.41, 5.74) is 5.17. The van der Waals surface area contributed by atoms with E-state index in [-0.39, 0.29) is 17.2 Å². The number of carbonyl (C=O) groups is 3. The molecule has 1 aliphatic heterocycles. The molecule has 174 valence electrons. The van der Waals surface area contributed by atoms with Crippen LogP contribution in [0.5, 0.6) is 0 Å². The average Bonchev–Trinajstić information content (AvgIpc) is 3.16. The third-order valence-electron chi connectivity index (χ3n) is 5.67. The molecule has 1 saturated heterocycles. The van der Waals surface area contributed by atoms with Crippen LogP contribution in [0.1, 0.15) is 5.56 Å². The molecule has 1 aliphatic rings. The summed E-state index contributed by atoms with van der Waals surface area (Å²) in [6.45, 7) is 0. The molecule has 2 N–H and O–H groups in total. The quantitative estimate of drug-likeness (QED) is 0.527. The van der Waals surface area contributed by atoms with E-state index in [4.69, 9.17) is 0 Å². The van der Waals surface area contributed by atoms with E-state index in [1.54, 1.807) is 11.9 Å². The molecule has 7 nitrogen and oxygen atoms in total. The summed E-state index contributed by atoms with van der Waals surface area (Å²) < 4.78 is 0. The lowest BCUT2D eigenvalue weighted by molar-refractivity contribution is -0.118. The van der Waals surface area contributed by atoms with Crippen LogP contribution < -0.4 is 20.4 Å². The number of carbonyl (C=O) groups excluding carboxylic acids is 3. The van der Waals surface area contributed by atoms with Crippen LogP contribution >= 0.6 is 11.8 Å². The molecule has 0 radical (unpaired) electrons. The second kappa shape index (κ2) is 10.0. The van der Waals surface area contributed by atoms with Gasteiger partial charge in [-0.15, -0.1) is 0 Å². The number of nitrogens with one attached hydrogen (secondary N) is 2. The van der Waals surface area contributed by atoms with Crippen LogP contribution in [0.4, 0.5) is 26.7 Å². The van der Waals surface area contributed by atoms with Crippen LogP contribution in [0.15, 0.2) is 72.8 Å². The predicted molar refractivity (Wildman–Crippen MR) is 139 cm³/mol. The highest BCUT2D eigenvalue weighted by atomic mass is 32.2. The first kappa shape index (κ1) is 23.4. The third kappa shape index (κ3) is 5.23. The molecule has 1 fully saturated rings. The molecule has 0 spiro atoms. The normalized spacial score (nSPS) is 15.1. The lowest BCUT2D eigenvalue weighted by atomic mass is 9.99. The second-order valence-corrected chi connectivity index (χ2v) is 9.40. The van der Waals surface area contributed by atoms with E-state index in [1.807, 2.05) is 91.8 Å². The summed E-state index contributed by atoms with van der Waals surface area (Å²) in [6, 6.07) is 23.0. The summed E-state index contributed by atoms with van der Waals surface area (Å²) in [5, 5.41) is 4.39. The van der Waals surface area contributed by atoms with Gasteiger partial charge >= 0.3 is 6.03 Å². The van der Waals surface area contributed by atoms with Gasteiger partial charge < -0.3 is 10.2 Å². The van der Waals surface area contributed by atoms with Gasteiger partial charge in [-0.05, 0) is 53.4 Å². The third-order valence-corrected chi connectivity index (χ3v) is 6.65. The van der Waals surface area contributed by atoms with E-state index in [9.17, 15) is 14.4 Å². The van der Waals surface area contributed by atoms with Crippen LogP contribution in [-0.4, -0.2) is 43.6 Å². The lowest BCUT2D eigenvalue weighted by Crippen LogP contribution is -2.32. The van der Waals surface area contributed by atoms with Crippen molar-refractivity contribution in [2.75, 3.05) is 36.3 Å². The molecule has 0 saturated carbocycles. The van der Waals surface area contributed by atoms with E-state index in [1.165, 1.54) is 0 Å². The van der Waals surface area contributed by atoms with Gasteiger partial charge in [-0.1, -0.05) is 54.2 Å². The van der Waals surface area contributed by atoms with E-state index < -0.39 is 5.25 Å². The zero-order valence-corrected chi connectivity index (χ0v) is 20.1. The van der Waals surface area contributed by atoms with Gasteiger partial charge in [0.15, 0.2) is 0 Å². The number of benzene rings is 3. The van der Waals surface area contributed by atoms with Gasteiger partial charge in [0.05, 0.1) is 5.25 Å². The fourth-order valence-corrected chi connectivity index (χ4v) is 4.59. The number of thioether (sulfide) groups is 1. The zero-order chi connectivity index (χ0) is 24.2. The fraction of sp³-hybridized carbons (Fsp3) is 0.192. The molecule has 8 heteroatoms. The minimum Gasteiger partial charge on any atom is -0.378 e. The van der Waals surface area contributed by atoms with E-state index in [2.05, 4.69) is 10.6 Å². The Balaban J connectivity index is 1.62. The monoisotopic (exact) mass is 474 g/mol. The van der Waals surface area contributed by atoms with Gasteiger partial charge in [-0.3, -0.25) is 19.8 Å². The Morgan fingerprint density at radius 3 is 2.26 bits per heavy atom. The van der Waals surface area contributed by atoms with Crippen molar-refractivity contribution in [1.29, 1.82) is 0 Å². The molecular weight excluding hydrogens is 448 g/mol. The van der Waals surface area contributed by atoms with Crippen LogP contribution in [0.3, 0.4) is 0 Å². The number of rotatable bonds is 6. The van der Waals surface area contributed by atoms with Crippen LogP contribution in [0.25, 0.3) is 11.1 Å². The molecule has 3 aromatic carbocycles. The van der Waals surface area contributed by atoms with Gasteiger partial charge in [-0.25, -0.2) is 4.79 Å². The maximum atomic E-state index is 13.2. The number of urea groups is 1. The first-order valence-electron chi connectivity index (χ1n) is 10.8. The highest BCUT2D eigenvalue weighted by molar-refractivity contribution is 8.15. The topological polar surface area (TPSA) is 81.8 Å². The fourth-order valence-electron chi connectivity index (χ4n) is 3.75. The molecule has 0 bridgehead atoms. The molecular formula is C26H26N4O3S. The number of anilines is 3.